The van der Waals surface area contributed by atoms with E-state index in [2.05, 4.69) is 51.0 Å². The number of hydrogen-bond donors (Lipinski definition) is 1. The van der Waals surface area contributed by atoms with E-state index in [4.69, 9.17) is 4.74 Å². The number of nitrogens with one attached hydrogen (secondary N) is 1. The van der Waals surface area contributed by atoms with Crippen molar-refractivity contribution < 1.29 is 4.74 Å². The maximum atomic E-state index is 5.20. The average Bonchev–Trinajstić information content (AvgIpc) is 2.35. The molecule has 0 aliphatic rings. The Kier molecular flexibility index (Phi) is 7.34. The van der Waals surface area contributed by atoms with Crippen molar-refractivity contribution in [2.75, 3.05) is 38.8 Å². The lowest BCUT2D eigenvalue weighted by Crippen LogP contribution is -2.33. The minimum absolute atomic E-state index is 0.588. The summed E-state index contributed by atoms with van der Waals surface area (Å²) in [5.41, 5.74) is 1.20. The van der Waals surface area contributed by atoms with E-state index in [9.17, 15) is 0 Å². The van der Waals surface area contributed by atoms with Crippen molar-refractivity contribution in [2.24, 2.45) is 5.92 Å². The summed E-state index contributed by atoms with van der Waals surface area (Å²) >= 11 is 3.49. The molecule has 1 heterocycles. The number of ether oxygens (including phenoxy) is 1. The van der Waals surface area contributed by atoms with Crippen molar-refractivity contribution in [2.45, 2.75) is 20.4 Å². The second-order valence-corrected chi connectivity index (χ2v) is 5.91. The number of methoxy groups -OCH3 is 1. The summed E-state index contributed by atoms with van der Waals surface area (Å²) < 4.78 is 6.22. The first-order valence-electron chi connectivity index (χ1n) is 6.61. The summed E-state index contributed by atoms with van der Waals surface area (Å²) in [6.45, 7) is 7.80. The molecule has 0 bridgehead atoms. The fraction of sp³-hybridized carbons (Fsp3) is 0.643. The predicted molar refractivity (Wildman–Crippen MR) is 83.6 cm³/mol. The Labute approximate surface area is 124 Å². The van der Waals surface area contributed by atoms with Gasteiger partial charge in [0, 0.05) is 43.0 Å². The van der Waals surface area contributed by atoms with E-state index in [0.717, 1.165) is 29.9 Å². The SMILES string of the molecule is CNCc1cc(Br)cnc1N(CCOC)CC(C)C. The molecule has 0 saturated carbocycles. The number of nitrogens with zero attached hydrogens (tertiary/aromatic N) is 2. The Morgan fingerprint density at radius 2 is 2.21 bits per heavy atom. The van der Waals surface area contributed by atoms with Crippen LogP contribution in [0.4, 0.5) is 5.82 Å². The molecule has 0 fully saturated rings. The Morgan fingerprint density at radius 3 is 2.79 bits per heavy atom. The van der Waals surface area contributed by atoms with Crippen LogP contribution >= 0.6 is 15.9 Å². The largest absolute Gasteiger partial charge is 0.383 e. The quantitative estimate of drug-likeness (QED) is 0.795. The van der Waals surface area contributed by atoms with Crippen LogP contribution in [0.1, 0.15) is 19.4 Å². The first-order chi connectivity index (χ1) is 9.08. The standard InChI is InChI=1S/C14H24BrN3O/c1-11(2)10-18(5-6-19-4)14-12(8-16-3)7-13(15)9-17-14/h7,9,11,16H,5-6,8,10H2,1-4H3. The number of halogens is 1. The van der Waals surface area contributed by atoms with Gasteiger partial charge in [-0.3, -0.25) is 0 Å². The number of hydrogen-bond acceptors (Lipinski definition) is 4. The minimum atomic E-state index is 0.588. The molecule has 0 aliphatic heterocycles. The maximum absolute atomic E-state index is 5.20. The van der Waals surface area contributed by atoms with Crippen LogP contribution in [0.25, 0.3) is 0 Å². The van der Waals surface area contributed by atoms with E-state index < -0.39 is 0 Å². The highest BCUT2D eigenvalue weighted by Gasteiger charge is 2.14. The molecule has 0 aromatic carbocycles. The summed E-state index contributed by atoms with van der Waals surface area (Å²) in [5, 5.41) is 3.20. The Hall–Kier alpha value is -0.650. The molecule has 0 amide bonds. The molecule has 0 aliphatic carbocycles. The fourth-order valence-electron chi connectivity index (χ4n) is 2.01. The normalized spacial score (nSPS) is 11.1. The van der Waals surface area contributed by atoms with E-state index in [1.807, 2.05) is 13.2 Å². The minimum Gasteiger partial charge on any atom is -0.383 e. The molecule has 19 heavy (non-hydrogen) atoms. The Bertz CT molecular complexity index is 385. The van der Waals surface area contributed by atoms with Crippen LogP contribution < -0.4 is 10.2 Å². The van der Waals surface area contributed by atoms with Crippen LogP contribution in [0.5, 0.6) is 0 Å². The van der Waals surface area contributed by atoms with Gasteiger partial charge in [0.1, 0.15) is 5.82 Å². The van der Waals surface area contributed by atoms with Gasteiger partial charge < -0.3 is 15.0 Å². The maximum Gasteiger partial charge on any atom is 0.133 e. The monoisotopic (exact) mass is 329 g/mol. The number of anilines is 1. The average molecular weight is 330 g/mol. The highest BCUT2D eigenvalue weighted by Crippen LogP contribution is 2.22. The highest BCUT2D eigenvalue weighted by molar-refractivity contribution is 9.10. The van der Waals surface area contributed by atoms with Crippen molar-refractivity contribution in [3.63, 3.8) is 0 Å². The van der Waals surface area contributed by atoms with E-state index >= 15 is 0 Å². The molecule has 1 aromatic heterocycles. The lowest BCUT2D eigenvalue weighted by molar-refractivity contribution is 0.204. The molecule has 0 spiro atoms. The second kappa shape index (κ2) is 8.51. The third kappa shape index (κ3) is 5.47. The van der Waals surface area contributed by atoms with Crippen LogP contribution in [-0.2, 0) is 11.3 Å². The van der Waals surface area contributed by atoms with Crippen molar-refractivity contribution in [3.8, 4) is 0 Å². The first-order valence-corrected chi connectivity index (χ1v) is 7.40. The molecule has 0 radical (unpaired) electrons. The van der Waals surface area contributed by atoms with Crippen LogP contribution in [0.3, 0.4) is 0 Å². The number of aromatic nitrogens is 1. The topological polar surface area (TPSA) is 37.4 Å². The van der Waals surface area contributed by atoms with Gasteiger partial charge in [-0.15, -0.1) is 0 Å². The molecular formula is C14H24BrN3O. The van der Waals surface area contributed by atoms with Gasteiger partial charge in [0.15, 0.2) is 0 Å². The van der Waals surface area contributed by atoms with Gasteiger partial charge in [-0.2, -0.15) is 0 Å². The van der Waals surface area contributed by atoms with E-state index in [1.165, 1.54) is 5.56 Å². The molecule has 108 valence electrons. The van der Waals surface area contributed by atoms with Crippen LogP contribution in [0.2, 0.25) is 0 Å². The highest BCUT2D eigenvalue weighted by atomic mass is 79.9. The van der Waals surface area contributed by atoms with Gasteiger partial charge in [0.05, 0.1) is 6.61 Å². The van der Waals surface area contributed by atoms with Crippen molar-refractivity contribution in [1.82, 2.24) is 10.3 Å². The van der Waals surface area contributed by atoms with Gasteiger partial charge in [-0.1, -0.05) is 13.8 Å². The van der Waals surface area contributed by atoms with Gasteiger partial charge in [-0.05, 0) is 35.0 Å². The molecule has 0 atom stereocenters. The van der Waals surface area contributed by atoms with Crippen molar-refractivity contribution in [3.05, 3.63) is 22.3 Å². The molecule has 4 nitrogen and oxygen atoms in total. The molecular weight excluding hydrogens is 306 g/mol. The van der Waals surface area contributed by atoms with Gasteiger partial charge in [0.25, 0.3) is 0 Å². The Balaban J connectivity index is 2.98. The van der Waals surface area contributed by atoms with Crippen LogP contribution in [-0.4, -0.2) is 38.8 Å². The molecule has 0 saturated heterocycles. The zero-order valence-corrected chi connectivity index (χ0v) is 13.8. The molecule has 1 N–H and O–H groups in total. The number of pyridine rings is 1. The van der Waals surface area contributed by atoms with Crippen LogP contribution in [0, 0.1) is 5.92 Å². The Morgan fingerprint density at radius 1 is 1.47 bits per heavy atom. The summed E-state index contributed by atoms with van der Waals surface area (Å²) in [7, 11) is 3.68. The zero-order chi connectivity index (χ0) is 14.3. The zero-order valence-electron chi connectivity index (χ0n) is 12.2. The fourth-order valence-corrected chi connectivity index (χ4v) is 2.38. The second-order valence-electron chi connectivity index (χ2n) is 5.00. The lowest BCUT2D eigenvalue weighted by Gasteiger charge is -2.27. The summed E-state index contributed by atoms with van der Waals surface area (Å²) in [5.74, 6) is 1.63. The third-order valence-corrected chi connectivity index (χ3v) is 3.16. The third-order valence-electron chi connectivity index (χ3n) is 2.73. The number of rotatable bonds is 8. The van der Waals surface area contributed by atoms with Crippen LogP contribution in [0.15, 0.2) is 16.7 Å². The van der Waals surface area contributed by atoms with Gasteiger partial charge in [0.2, 0.25) is 0 Å². The van der Waals surface area contributed by atoms with E-state index in [1.54, 1.807) is 7.11 Å². The molecule has 1 aromatic rings. The van der Waals surface area contributed by atoms with Gasteiger partial charge in [-0.25, -0.2) is 4.98 Å². The smallest absolute Gasteiger partial charge is 0.133 e. The molecule has 5 heteroatoms. The van der Waals surface area contributed by atoms with Gasteiger partial charge >= 0.3 is 0 Å². The summed E-state index contributed by atoms with van der Waals surface area (Å²) in [4.78, 5) is 6.89. The summed E-state index contributed by atoms with van der Waals surface area (Å²) in [6.07, 6.45) is 1.86. The van der Waals surface area contributed by atoms with E-state index in [-0.39, 0.29) is 0 Å². The first kappa shape index (κ1) is 16.4. The lowest BCUT2D eigenvalue weighted by atomic mass is 10.1. The van der Waals surface area contributed by atoms with Crippen molar-refractivity contribution in [1.29, 1.82) is 0 Å². The molecule has 0 unspecified atom stereocenters. The molecule has 1 rings (SSSR count). The summed E-state index contributed by atoms with van der Waals surface area (Å²) in [6, 6.07) is 2.12. The van der Waals surface area contributed by atoms with Crippen molar-refractivity contribution >= 4 is 21.7 Å². The predicted octanol–water partition coefficient (Wildman–Crippen LogP) is 2.67. The van der Waals surface area contributed by atoms with E-state index in [0.29, 0.717) is 12.5 Å².